The smallest absolute Gasteiger partial charge is 0.433 e. The van der Waals surface area contributed by atoms with Gasteiger partial charge in [0.25, 0.3) is 0 Å². The Morgan fingerprint density at radius 2 is 1.97 bits per heavy atom. The van der Waals surface area contributed by atoms with Crippen molar-refractivity contribution in [3.63, 3.8) is 0 Å². The zero-order chi connectivity index (χ0) is 23.8. The van der Waals surface area contributed by atoms with Gasteiger partial charge in [0, 0.05) is 23.5 Å². The predicted molar refractivity (Wildman–Crippen MR) is 111 cm³/mol. The molecule has 1 atom stereocenters. The van der Waals surface area contributed by atoms with E-state index in [1.807, 2.05) is 20.8 Å². The molecule has 174 valence electrons. The molecule has 0 aliphatic heterocycles. The highest BCUT2D eigenvalue weighted by atomic mass is 35.5. The van der Waals surface area contributed by atoms with Crippen molar-refractivity contribution >= 4 is 29.3 Å². The lowest BCUT2D eigenvalue weighted by molar-refractivity contribution is -0.142. The van der Waals surface area contributed by atoms with Crippen LogP contribution in [0.1, 0.15) is 44.9 Å². The summed E-state index contributed by atoms with van der Waals surface area (Å²) in [6.45, 7) is 5.11. The number of anilines is 2. The number of nitrogens with zero attached hydrogens (tertiary/aromatic N) is 3. The first-order chi connectivity index (χ1) is 14.8. The van der Waals surface area contributed by atoms with Crippen LogP contribution in [0.3, 0.4) is 0 Å². The van der Waals surface area contributed by atoms with Gasteiger partial charge in [0.1, 0.15) is 5.82 Å². The second kappa shape index (κ2) is 8.73. The predicted octanol–water partition coefficient (Wildman–Crippen LogP) is 6.34. The van der Waals surface area contributed by atoms with Gasteiger partial charge in [0.2, 0.25) is 5.95 Å². The Bertz CT molecular complexity index is 1010. The number of hydrogen-bond acceptors (Lipinski definition) is 4. The van der Waals surface area contributed by atoms with Gasteiger partial charge in [-0.15, -0.1) is 0 Å². The number of rotatable bonds is 6. The fraction of sp³-hybridized carbons (Fsp3) is 0.476. The molecule has 1 saturated carbocycles. The first kappa shape index (κ1) is 24.0. The Morgan fingerprint density at radius 3 is 2.47 bits per heavy atom. The van der Waals surface area contributed by atoms with E-state index < -0.39 is 41.8 Å². The number of carbonyl (C=O) groups is 1. The van der Waals surface area contributed by atoms with E-state index in [1.54, 1.807) is 0 Å². The Balaban J connectivity index is 1.94. The Labute approximate surface area is 187 Å². The Hall–Kier alpha value is -2.62. The number of alkyl halides is 3. The minimum atomic E-state index is -4.84. The van der Waals surface area contributed by atoms with Crippen LogP contribution in [-0.2, 0) is 12.7 Å². The second-order valence-electron chi connectivity index (χ2n) is 8.88. The maximum atomic E-state index is 13.8. The van der Waals surface area contributed by atoms with Crippen molar-refractivity contribution in [1.29, 1.82) is 0 Å². The van der Waals surface area contributed by atoms with Gasteiger partial charge in [-0.05, 0) is 42.4 Å². The minimum Gasteiger partial charge on any atom is -0.465 e. The summed E-state index contributed by atoms with van der Waals surface area (Å²) in [5, 5.41) is 12.1. The first-order valence-corrected chi connectivity index (χ1v) is 10.3. The van der Waals surface area contributed by atoms with Crippen molar-refractivity contribution in [2.24, 2.45) is 11.3 Å². The van der Waals surface area contributed by atoms with Crippen LogP contribution in [0.4, 0.5) is 34.0 Å². The van der Waals surface area contributed by atoms with Crippen molar-refractivity contribution in [3.05, 3.63) is 46.5 Å². The quantitative estimate of drug-likeness (QED) is 0.478. The Kier molecular flexibility index (Phi) is 6.55. The van der Waals surface area contributed by atoms with Crippen molar-refractivity contribution < 1.29 is 27.5 Å². The summed E-state index contributed by atoms with van der Waals surface area (Å²) in [5.74, 6) is -0.951. The lowest BCUT2D eigenvalue weighted by Gasteiger charge is -2.39. The monoisotopic (exact) mass is 474 g/mol. The van der Waals surface area contributed by atoms with Crippen molar-refractivity contribution in [3.8, 4) is 0 Å². The summed E-state index contributed by atoms with van der Waals surface area (Å²) in [6, 6.07) is 3.08. The lowest BCUT2D eigenvalue weighted by Crippen LogP contribution is -2.48. The van der Waals surface area contributed by atoms with Crippen LogP contribution in [0.25, 0.3) is 0 Å². The average molecular weight is 475 g/mol. The van der Waals surface area contributed by atoms with E-state index in [9.17, 15) is 27.5 Å². The Morgan fingerprint density at radius 1 is 1.31 bits per heavy atom. The van der Waals surface area contributed by atoms with E-state index >= 15 is 0 Å². The van der Waals surface area contributed by atoms with Crippen LogP contribution >= 0.6 is 11.6 Å². The van der Waals surface area contributed by atoms with Crippen molar-refractivity contribution in [2.75, 3.05) is 5.32 Å². The average Bonchev–Trinajstić information content (AvgIpc) is 3.48. The fourth-order valence-electron chi connectivity index (χ4n) is 3.84. The molecule has 1 aromatic carbocycles. The highest BCUT2D eigenvalue weighted by Gasteiger charge is 2.45. The van der Waals surface area contributed by atoms with E-state index in [-0.39, 0.29) is 28.1 Å². The van der Waals surface area contributed by atoms with E-state index in [0.29, 0.717) is 0 Å². The zero-order valence-electron chi connectivity index (χ0n) is 17.7. The third kappa shape index (κ3) is 5.59. The van der Waals surface area contributed by atoms with Crippen molar-refractivity contribution in [2.45, 2.75) is 52.4 Å². The van der Waals surface area contributed by atoms with Crippen LogP contribution in [-0.4, -0.2) is 32.1 Å². The molecule has 1 heterocycles. The number of benzene rings is 1. The summed E-state index contributed by atoms with van der Waals surface area (Å²) in [4.78, 5) is 20.6. The molecular formula is C21H23ClF4N4O2. The second-order valence-corrected chi connectivity index (χ2v) is 9.29. The molecule has 0 spiro atoms. The molecule has 1 aliphatic carbocycles. The molecule has 32 heavy (non-hydrogen) atoms. The van der Waals surface area contributed by atoms with E-state index in [4.69, 9.17) is 11.6 Å². The molecule has 6 nitrogen and oxygen atoms in total. The molecule has 1 aliphatic rings. The van der Waals surface area contributed by atoms with Gasteiger partial charge in [-0.1, -0.05) is 32.4 Å². The molecule has 1 amide bonds. The molecule has 1 aromatic heterocycles. The van der Waals surface area contributed by atoms with Crippen LogP contribution in [0.15, 0.2) is 24.4 Å². The molecule has 1 unspecified atom stereocenters. The minimum absolute atomic E-state index is 0.102. The van der Waals surface area contributed by atoms with Crippen molar-refractivity contribution in [1.82, 2.24) is 14.9 Å². The van der Waals surface area contributed by atoms with Gasteiger partial charge >= 0.3 is 12.3 Å². The number of nitrogens with one attached hydrogen (secondary N) is 1. The topological polar surface area (TPSA) is 78.4 Å². The largest absolute Gasteiger partial charge is 0.465 e. The molecule has 2 N–H and O–H groups in total. The SMILES string of the molecule is CC(C)(C)C(C1CC1)N(Cc1cnc(Nc2ccc(F)c(Cl)c2)nc1C(F)(F)F)C(=O)O. The normalized spacial score (nSPS) is 15.4. The van der Waals surface area contributed by atoms with E-state index in [2.05, 4.69) is 15.3 Å². The molecule has 3 rings (SSSR count). The van der Waals surface area contributed by atoms with Gasteiger partial charge in [-0.25, -0.2) is 19.2 Å². The van der Waals surface area contributed by atoms with Crippen LogP contribution < -0.4 is 5.32 Å². The number of amides is 1. The van der Waals surface area contributed by atoms with E-state index in [1.165, 1.54) is 12.1 Å². The zero-order valence-corrected chi connectivity index (χ0v) is 18.4. The van der Waals surface area contributed by atoms with Gasteiger partial charge in [0.05, 0.1) is 11.6 Å². The molecule has 0 bridgehead atoms. The maximum absolute atomic E-state index is 13.8. The number of hydrogen-bond donors (Lipinski definition) is 2. The fourth-order valence-corrected chi connectivity index (χ4v) is 4.02. The van der Waals surface area contributed by atoms with E-state index in [0.717, 1.165) is 30.0 Å². The molecule has 11 heteroatoms. The summed E-state index contributed by atoms with van der Waals surface area (Å²) in [5.41, 5.74) is -1.84. The van der Waals surface area contributed by atoms with Crippen LogP contribution in [0, 0.1) is 17.2 Å². The molecule has 2 aromatic rings. The summed E-state index contributed by atoms with van der Waals surface area (Å²) in [7, 11) is 0. The third-order valence-electron chi connectivity index (χ3n) is 5.19. The van der Waals surface area contributed by atoms with Gasteiger partial charge in [0.15, 0.2) is 5.69 Å². The van der Waals surface area contributed by atoms with Gasteiger partial charge in [-0.2, -0.15) is 13.2 Å². The first-order valence-electron chi connectivity index (χ1n) is 9.92. The highest BCUT2D eigenvalue weighted by Crippen LogP contribution is 2.44. The van der Waals surface area contributed by atoms with Gasteiger partial charge in [-0.3, -0.25) is 0 Å². The van der Waals surface area contributed by atoms with Crippen LogP contribution in [0.5, 0.6) is 0 Å². The summed E-state index contributed by atoms with van der Waals surface area (Å²) >= 11 is 5.70. The third-order valence-corrected chi connectivity index (χ3v) is 5.48. The molecular weight excluding hydrogens is 452 g/mol. The maximum Gasteiger partial charge on any atom is 0.433 e. The number of halogens is 5. The lowest BCUT2D eigenvalue weighted by atomic mass is 9.82. The summed E-state index contributed by atoms with van der Waals surface area (Å²) in [6.07, 6.45) is -3.51. The highest BCUT2D eigenvalue weighted by molar-refractivity contribution is 6.31. The number of carboxylic acid groups (broad SMARTS) is 1. The molecule has 1 fully saturated rings. The molecule has 0 saturated heterocycles. The summed E-state index contributed by atoms with van der Waals surface area (Å²) < 4.78 is 54.7. The van der Waals surface area contributed by atoms with Gasteiger partial charge < -0.3 is 15.3 Å². The number of aromatic nitrogens is 2. The van der Waals surface area contributed by atoms with Crippen LogP contribution in [0.2, 0.25) is 5.02 Å². The molecule has 0 radical (unpaired) electrons. The standard InChI is InChI=1S/C21H23ClF4N4O2/c1-20(2,3)17(11-4-5-11)30(19(31)32)10-12-9-27-18(29-16(12)21(24,25)26)28-13-6-7-15(23)14(22)8-13/h6-9,11,17H,4-5,10H2,1-3H3,(H,31,32)(H,27,28,29).